The molecule has 0 aromatic heterocycles. The van der Waals surface area contributed by atoms with E-state index in [9.17, 15) is 54.0 Å². The third-order valence-electron chi connectivity index (χ3n) is 11.6. The number of carboxylic acids is 1. The third kappa shape index (κ3) is 15.5. The van der Waals surface area contributed by atoms with Gasteiger partial charge in [0.1, 0.15) is 41.7 Å². The molecule has 18 heteroatoms. The van der Waals surface area contributed by atoms with Gasteiger partial charge >= 0.3 is 5.97 Å². The van der Waals surface area contributed by atoms with Gasteiger partial charge in [-0.2, -0.15) is 0 Å². The van der Waals surface area contributed by atoms with E-state index in [0.29, 0.717) is 12.0 Å². The second-order valence-corrected chi connectivity index (χ2v) is 16.7. The molecule has 0 saturated heterocycles. The highest BCUT2D eigenvalue weighted by Gasteiger charge is 2.36. The first-order valence-electron chi connectivity index (χ1n) is 22.4. The van der Waals surface area contributed by atoms with Gasteiger partial charge < -0.3 is 57.2 Å². The van der Waals surface area contributed by atoms with Gasteiger partial charge in [0, 0.05) is 38.1 Å². The van der Waals surface area contributed by atoms with Gasteiger partial charge in [-0.25, -0.2) is 4.79 Å². The zero-order valence-corrected chi connectivity index (χ0v) is 37.9. The lowest BCUT2D eigenvalue weighted by molar-refractivity contribution is -0.144. The number of aliphatic hydroxyl groups excluding tert-OH is 1. The minimum atomic E-state index is -1.79. The predicted octanol–water partition coefficient (Wildman–Crippen LogP) is 3.10. The molecule has 6 atom stereocenters. The van der Waals surface area contributed by atoms with Gasteiger partial charge in [0.2, 0.25) is 29.5 Å². The second kappa shape index (κ2) is 26.1. The van der Waals surface area contributed by atoms with Gasteiger partial charge in [-0.1, -0.05) is 96.1 Å². The van der Waals surface area contributed by atoms with Crippen molar-refractivity contribution in [1.29, 1.82) is 0 Å². The number of unbranched alkanes of at least 4 members (excludes halogenated alkanes) is 12. The molecule has 0 unspecified atom stereocenters. The van der Waals surface area contributed by atoms with E-state index in [2.05, 4.69) is 28.2 Å². The Labute approximate surface area is 375 Å². The van der Waals surface area contributed by atoms with Crippen LogP contribution in [-0.2, 0) is 40.0 Å². The van der Waals surface area contributed by atoms with Crippen molar-refractivity contribution < 1.29 is 54.0 Å². The molecule has 3 rings (SSSR count). The van der Waals surface area contributed by atoms with E-state index >= 15 is 0 Å². The third-order valence-corrected chi connectivity index (χ3v) is 11.6. The van der Waals surface area contributed by atoms with E-state index in [-0.39, 0.29) is 46.9 Å². The maximum Gasteiger partial charge on any atom is 0.326 e. The van der Waals surface area contributed by atoms with Crippen LogP contribution in [-0.4, -0.2) is 123 Å². The molecule has 18 nitrogen and oxygen atoms in total. The number of hydrogen-bond acceptors (Lipinski definition) is 11. The van der Waals surface area contributed by atoms with Crippen LogP contribution in [0.15, 0.2) is 36.4 Å². The number of aliphatic carboxylic acids is 1. The van der Waals surface area contributed by atoms with E-state index in [4.69, 9.17) is 5.73 Å². The van der Waals surface area contributed by atoms with Crippen LogP contribution >= 0.6 is 0 Å². The number of carboxylic acid groups (broad SMARTS) is 1. The molecule has 1 aliphatic rings. The first-order chi connectivity index (χ1) is 30.4. The number of likely N-dealkylation sites (N-methyl/N-ethyl adjacent to an activating group) is 2. The molecular formula is C46H69N7O11. The molecule has 1 aliphatic heterocycles. The van der Waals surface area contributed by atoms with Gasteiger partial charge in [-0.3, -0.25) is 28.8 Å². The van der Waals surface area contributed by atoms with Crippen LogP contribution in [0.25, 0.3) is 11.1 Å². The number of phenolic OH excluding ortho intramolecular Hbond substituents is 2. The minimum Gasteiger partial charge on any atom is -0.507 e. The predicted molar refractivity (Wildman–Crippen MR) is 239 cm³/mol. The van der Waals surface area contributed by atoms with Crippen molar-refractivity contribution in [3.8, 4) is 22.6 Å². The van der Waals surface area contributed by atoms with Crippen LogP contribution < -0.4 is 27.0 Å². The van der Waals surface area contributed by atoms with Gasteiger partial charge in [-0.05, 0) is 55.7 Å². The number of phenols is 2. The number of hydrogen-bond donors (Lipinski definition) is 9. The van der Waals surface area contributed by atoms with Crippen molar-refractivity contribution in [3.63, 3.8) is 0 Å². The van der Waals surface area contributed by atoms with Crippen LogP contribution in [0, 0.1) is 0 Å². The van der Waals surface area contributed by atoms with Crippen LogP contribution in [0.5, 0.6) is 11.5 Å². The zero-order valence-electron chi connectivity index (χ0n) is 37.9. The SMILES string of the molecule is CCCCCCCCCCCCCCCC(=O)N(C)[C@H](CO)C(=O)N[C@H](C)C(=O)N[C@@H](N)C(=O)N(C)[C@@H]1C(=O)N[C@@H](C)C(=O)N[C@H](C(=O)O)Cc2ccc(O)c(c2)-c2cc1ccc2O. The van der Waals surface area contributed by atoms with Crippen LogP contribution in [0.4, 0.5) is 0 Å². The van der Waals surface area contributed by atoms with Crippen molar-refractivity contribution in [3.05, 3.63) is 47.5 Å². The molecular weight excluding hydrogens is 827 g/mol. The van der Waals surface area contributed by atoms with E-state index in [1.807, 2.05) is 0 Å². The number of benzene rings is 2. The monoisotopic (exact) mass is 896 g/mol. The Hall–Kier alpha value is -5.75. The molecule has 2 aromatic carbocycles. The summed E-state index contributed by atoms with van der Waals surface area (Å²) < 4.78 is 0. The Morgan fingerprint density at radius 2 is 1.33 bits per heavy atom. The lowest BCUT2D eigenvalue weighted by Gasteiger charge is -2.32. The smallest absolute Gasteiger partial charge is 0.326 e. The topological polar surface area (TPSA) is 281 Å². The molecule has 64 heavy (non-hydrogen) atoms. The lowest BCUT2D eigenvalue weighted by Crippen LogP contribution is -2.60. The van der Waals surface area contributed by atoms with Crippen molar-refractivity contribution in [2.75, 3.05) is 20.7 Å². The number of fused-ring (bicyclic) bond motifs is 5. The van der Waals surface area contributed by atoms with Gasteiger partial charge in [-0.15, -0.1) is 0 Å². The van der Waals surface area contributed by atoms with Gasteiger partial charge in [0.15, 0.2) is 6.17 Å². The summed E-state index contributed by atoms with van der Waals surface area (Å²) in [5, 5.41) is 51.2. The number of carbonyl (C=O) groups excluding carboxylic acids is 6. The summed E-state index contributed by atoms with van der Waals surface area (Å²) in [6, 6.07) is 1.20. The highest BCUT2D eigenvalue weighted by atomic mass is 16.4. The summed E-state index contributed by atoms with van der Waals surface area (Å²) in [7, 11) is 2.61. The molecule has 4 bridgehead atoms. The standard InChI is InChI=1S/C46H69N7O11/c1-6-7-8-9-10-11-12-13-14-15-16-17-18-19-38(57)52(4)35(27-54)43(60)48-29(3)42(59)51-40(47)45(62)53(5)39-31-21-23-37(56)33(26-31)32-24-30(20-22-36(32)55)25-34(46(63)64)50-41(58)28(2)49-44(39)61/h20-24,26,28-29,34-35,39-40,54-56H,6-19,25,27,47H2,1-5H3,(H,48,60)(H,49,61)(H,50,58)(H,51,59)(H,63,64)/t28-,29+,34-,35+,39-,40+/m0/s1. The molecule has 0 aliphatic carbocycles. The lowest BCUT2D eigenvalue weighted by atomic mass is 9.94. The molecule has 354 valence electrons. The highest BCUT2D eigenvalue weighted by Crippen LogP contribution is 2.38. The average Bonchev–Trinajstić information content (AvgIpc) is 3.25. The van der Waals surface area contributed by atoms with Crippen molar-refractivity contribution in [2.24, 2.45) is 5.73 Å². The number of rotatable bonds is 23. The van der Waals surface area contributed by atoms with Crippen LogP contribution in [0.2, 0.25) is 0 Å². The summed E-state index contributed by atoms with van der Waals surface area (Å²) in [4.78, 5) is 94.4. The van der Waals surface area contributed by atoms with Crippen molar-refractivity contribution >= 4 is 41.4 Å². The van der Waals surface area contributed by atoms with Crippen LogP contribution in [0.3, 0.4) is 0 Å². The molecule has 0 saturated carbocycles. The summed E-state index contributed by atoms with van der Waals surface area (Å²) in [6.45, 7) is 4.13. The molecule has 0 radical (unpaired) electrons. The summed E-state index contributed by atoms with van der Waals surface area (Å²) >= 11 is 0. The first kappa shape index (κ1) is 52.6. The fraction of sp³-hybridized carbons (Fsp3) is 0.587. The number of carbonyl (C=O) groups is 7. The normalized spacial score (nSPS) is 17.7. The number of amides is 6. The molecule has 6 amide bonds. The first-order valence-corrected chi connectivity index (χ1v) is 22.4. The van der Waals surface area contributed by atoms with Crippen molar-refractivity contribution in [2.45, 2.75) is 153 Å². The number of aromatic hydroxyl groups is 2. The Morgan fingerprint density at radius 3 is 1.89 bits per heavy atom. The zero-order chi connectivity index (χ0) is 47.5. The maximum absolute atomic E-state index is 13.9. The number of nitrogens with one attached hydrogen (secondary N) is 4. The summed E-state index contributed by atoms with van der Waals surface area (Å²) in [6.07, 6.45) is 13.2. The number of nitrogens with two attached hydrogens (primary N) is 1. The van der Waals surface area contributed by atoms with Gasteiger partial charge in [0.25, 0.3) is 5.91 Å². The Balaban J connectivity index is 1.64. The maximum atomic E-state index is 13.9. The number of aliphatic hydroxyl groups is 1. The van der Waals surface area contributed by atoms with E-state index in [0.717, 1.165) is 35.5 Å². The van der Waals surface area contributed by atoms with E-state index in [1.165, 1.54) is 116 Å². The van der Waals surface area contributed by atoms with Crippen LogP contribution in [0.1, 0.15) is 128 Å². The quantitative estimate of drug-likeness (QED) is 0.0575. The second-order valence-electron chi connectivity index (χ2n) is 16.7. The molecule has 1 heterocycles. The minimum absolute atomic E-state index is 0.0341. The van der Waals surface area contributed by atoms with Crippen molar-refractivity contribution in [1.82, 2.24) is 31.1 Å². The summed E-state index contributed by atoms with van der Waals surface area (Å²) in [5.41, 5.74) is 6.74. The molecule has 10 N–H and O–H groups in total. The fourth-order valence-corrected chi connectivity index (χ4v) is 7.59. The fourth-order valence-electron chi connectivity index (χ4n) is 7.59. The molecule has 0 fully saturated rings. The molecule has 2 aromatic rings. The highest BCUT2D eigenvalue weighted by molar-refractivity contribution is 5.97. The van der Waals surface area contributed by atoms with Gasteiger partial charge in [0.05, 0.1) is 6.61 Å². The largest absolute Gasteiger partial charge is 0.507 e. The Kier molecular flexibility index (Phi) is 21.5. The van der Waals surface area contributed by atoms with E-state index in [1.54, 1.807) is 0 Å². The Bertz CT molecular complexity index is 1930. The molecule has 0 spiro atoms. The Morgan fingerprint density at radius 1 is 0.781 bits per heavy atom. The summed E-state index contributed by atoms with van der Waals surface area (Å²) in [5.74, 6) is -6.79. The van der Waals surface area contributed by atoms with E-state index < -0.39 is 78.5 Å². The number of nitrogens with zero attached hydrogens (tertiary/aromatic N) is 2. The average molecular weight is 896 g/mol.